The predicted molar refractivity (Wildman–Crippen MR) is 63.6 cm³/mol. The Morgan fingerprint density at radius 2 is 2.05 bits per heavy atom. The van der Waals surface area contributed by atoms with E-state index in [0.717, 1.165) is 18.2 Å². The van der Waals surface area contributed by atoms with Gasteiger partial charge in [-0.25, -0.2) is 9.07 Å². The lowest BCUT2D eigenvalue weighted by molar-refractivity contribution is -0.143. The van der Waals surface area contributed by atoms with Crippen molar-refractivity contribution >= 4 is 5.91 Å². The maximum Gasteiger partial charge on any atom is 0.434 e. The van der Waals surface area contributed by atoms with E-state index in [1.807, 2.05) is 0 Å². The molecule has 0 bridgehead atoms. The lowest BCUT2D eigenvalue weighted by Crippen LogP contribution is -2.21. The molecular weight excluding hydrogens is 294 g/mol. The Kier molecular flexibility index (Phi) is 3.58. The van der Waals surface area contributed by atoms with Crippen molar-refractivity contribution in [2.75, 3.05) is 7.11 Å². The highest BCUT2D eigenvalue weighted by Crippen LogP contribution is 2.35. The maximum atomic E-state index is 13.1. The first-order valence-electron chi connectivity index (χ1n) is 5.54. The molecule has 2 rings (SSSR count). The van der Waals surface area contributed by atoms with Crippen LogP contribution >= 0.6 is 0 Å². The summed E-state index contributed by atoms with van der Waals surface area (Å²) in [6, 6.07) is 2.91. The third-order valence-corrected chi connectivity index (χ3v) is 2.67. The summed E-state index contributed by atoms with van der Waals surface area (Å²) >= 11 is 0. The second-order valence-electron chi connectivity index (χ2n) is 4.00. The van der Waals surface area contributed by atoms with Crippen LogP contribution in [0, 0.1) is 5.82 Å². The number of primary amides is 1. The number of nitrogens with zero attached hydrogens (tertiary/aromatic N) is 2. The van der Waals surface area contributed by atoms with Crippen molar-refractivity contribution < 1.29 is 27.1 Å². The molecule has 0 radical (unpaired) electrons. The fourth-order valence-corrected chi connectivity index (χ4v) is 1.81. The number of amides is 1. The van der Waals surface area contributed by atoms with E-state index in [2.05, 4.69) is 5.10 Å². The predicted octanol–water partition coefficient (Wildman–Crippen LogP) is 2.14. The van der Waals surface area contributed by atoms with Crippen LogP contribution in [-0.4, -0.2) is 22.8 Å². The summed E-state index contributed by atoms with van der Waals surface area (Å²) in [5.41, 5.74) is 2.62. The van der Waals surface area contributed by atoms with E-state index >= 15 is 0 Å². The smallest absolute Gasteiger partial charge is 0.434 e. The van der Waals surface area contributed by atoms with E-state index < -0.39 is 29.2 Å². The number of hydrogen-bond donors (Lipinski definition) is 1. The molecule has 0 saturated carbocycles. The highest BCUT2D eigenvalue weighted by Gasteiger charge is 2.40. The van der Waals surface area contributed by atoms with Gasteiger partial charge >= 0.3 is 6.18 Å². The molecule has 0 aliphatic carbocycles. The molecule has 5 nitrogen and oxygen atoms in total. The minimum atomic E-state index is -4.87. The number of aromatic nitrogens is 2. The summed E-state index contributed by atoms with van der Waals surface area (Å²) in [4.78, 5) is 11.1. The fourth-order valence-electron chi connectivity index (χ4n) is 1.81. The Labute approximate surface area is 115 Å². The molecule has 9 heteroatoms. The Morgan fingerprint density at radius 3 is 2.57 bits per heavy atom. The number of alkyl halides is 3. The molecule has 0 aliphatic heterocycles. The topological polar surface area (TPSA) is 70.1 Å². The van der Waals surface area contributed by atoms with Gasteiger partial charge in [0.25, 0.3) is 5.91 Å². The summed E-state index contributed by atoms with van der Waals surface area (Å²) in [6.07, 6.45) is -4.17. The molecule has 0 saturated heterocycles. The SMILES string of the molecule is COc1cc(F)ccc1-n1ncc(C(N)=O)c1C(F)(F)F. The van der Waals surface area contributed by atoms with Gasteiger partial charge in [-0.15, -0.1) is 0 Å². The Morgan fingerprint density at radius 1 is 1.38 bits per heavy atom. The zero-order valence-electron chi connectivity index (χ0n) is 10.6. The number of rotatable bonds is 3. The highest BCUT2D eigenvalue weighted by molar-refractivity contribution is 5.94. The van der Waals surface area contributed by atoms with Crippen LogP contribution in [-0.2, 0) is 6.18 Å². The molecular formula is C12H9F4N3O2. The van der Waals surface area contributed by atoms with Gasteiger partial charge in [0.1, 0.15) is 17.3 Å². The van der Waals surface area contributed by atoms with Gasteiger partial charge in [0, 0.05) is 6.07 Å². The lowest BCUT2D eigenvalue weighted by atomic mass is 10.2. The van der Waals surface area contributed by atoms with E-state index in [-0.39, 0.29) is 11.4 Å². The number of nitrogens with two attached hydrogens (primary N) is 1. The standard InChI is InChI=1S/C12H9F4N3O2/c1-21-9-4-6(13)2-3-8(9)19-10(12(14,15)16)7(5-18-19)11(17)20/h2-5H,1H3,(H2,17,20). The van der Waals surface area contributed by atoms with Crippen LogP contribution < -0.4 is 10.5 Å². The molecule has 21 heavy (non-hydrogen) atoms. The van der Waals surface area contributed by atoms with E-state index in [4.69, 9.17) is 10.5 Å². The molecule has 0 aliphatic rings. The Balaban J connectivity index is 2.73. The van der Waals surface area contributed by atoms with Gasteiger partial charge in [0.05, 0.1) is 18.9 Å². The first kappa shape index (κ1) is 14.8. The van der Waals surface area contributed by atoms with Gasteiger partial charge < -0.3 is 10.5 Å². The van der Waals surface area contributed by atoms with Crippen LogP contribution in [0.25, 0.3) is 5.69 Å². The van der Waals surface area contributed by atoms with Crippen LogP contribution in [0.5, 0.6) is 5.75 Å². The van der Waals surface area contributed by atoms with Gasteiger partial charge in [-0.1, -0.05) is 0 Å². The van der Waals surface area contributed by atoms with Crippen molar-refractivity contribution in [2.24, 2.45) is 5.73 Å². The first-order valence-corrected chi connectivity index (χ1v) is 5.54. The second-order valence-corrected chi connectivity index (χ2v) is 4.00. The van der Waals surface area contributed by atoms with Crippen molar-refractivity contribution in [3.63, 3.8) is 0 Å². The van der Waals surface area contributed by atoms with E-state index in [1.54, 1.807) is 0 Å². The molecule has 2 aromatic rings. The summed E-state index contributed by atoms with van der Waals surface area (Å²) < 4.78 is 57.7. The highest BCUT2D eigenvalue weighted by atomic mass is 19.4. The third kappa shape index (κ3) is 2.67. The molecule has 112 valence electrons. The minimum Gasteiger partial charge on any atom is -0.494 e. The average molecular weight is 303 g/mol. The number of carbonyl (C=O) groups excluding carboxylic acids is 1. The molecule has 2 N–H and O–H groups in total. The summed E-state index contributed by atoms with van der Waals surface area (Å²) in [5.74, 6) is -2.12. The first-order chi connectivity index (χ1) is 9.75. The maximum absolute atomic E-state index is 13.1. The van der Waals surface area contributed by atoms with Gasteiger partial charge in [-0.05, 0) is 12.1 Å². The van der Waals surface area contributed by atoms with Crippen molar-refractivity contribution in [1.29, 1.82) is 0 Å². The molecule has 0 atom stereocenters. The van der Waals surface area contributed by atoms with Crippen LogP contribution in [0.1, 0.15) is 16.1 Å². The number of benzene rings is 1. The molecule has 1 aromatic carbocycles. The number of ether oxygens (including phenoxy) is 1. The molecule has 1 aromatic heterocycles. The van der Waals surface area contributed by atoms with Crippen molar-refractivity contribution in [3.8, 4) is 11.4 Å². The quantitative estimate of drug-likeness (QED) is 0.883. The van der Waals surface area contributed by atoms with Crippen molar-refractivity contribution in [2.45, 2.75) is 6.18 Å². The summed E-state index contributed by atoms with van der Waals surface area (Å²) in [6.45, 7) is 0. The van der Waals surface area contributed by atoms with Crippen molar-refractivity contribution in [3.05, 3.63) is 41.5 Å². The minimum absolute atomic E-state index is 0.167. The number of halogens is 4. The Hall–Kier alpha value is -2.58. The number of methoxy groups -OCH3 is 1. The van der Waals surface area contributed by atoms with E-state index in [1.165, 1.54) is 7.11 Å². The molecule has 0 spiro atoms. The van der Waals surface area contributed by atoms with Gasteiger partial charge in [0.15, 0.2) is 5.69 Å². The molecule has 0 unspecified atom stereocenters. The number of hydrogen-bond acceptors (Lipinski definition) is 3. The summed E-state index contributed by atoms with van der Waals surface area (Å²) in [5, 5.41) is 3.51. The number of carbonyl (C=O) groups is 1. The van der Waals surface area contributed by atoms with Gasteiger partial charge in [-0.2, -0.15) is 18.3 Å². The third-order valence-electron chi connectivity index (χ3n) is 2.67. The van der Waals surface area contributed by atoms with Gasteiger partial charge in [0.2, 0.25) is 0 Å². The van der Waals surface area contributed by atoms with Crippen LogP contribution in [0.15, 0.2) is 24.4 Å². The molecule has 0 fully saturated rings. The van der Waals surface area contributed by atoms with Crippen molar-refractivity contribution in [1.82, 2.24) is 9.78 Å². The van der Waals surface area contributed by atoms with Gasteiger partial charge in [-0.3, -0.25) is 4.79 Å². The van der Waals surface area contributed by atoms with E-state index in [9.17, 15) is 22.4 Å². The molecule has 1 amide bonds. The zero-order chi connectivity index (χ0) is 15.8. The molecule has 1 heterocycles. The average Bonchev–Trinajstić information content (AvgIpc) is 2.83. The fraction of sp³-hybridized carbons (Fsp3) is 0.167. The summed E-state index contributed by atoms with van der Waals surface area (Å²) in [7, 11) is 1.17. The lowest BCUT2D eigenvalue weighted by Gasteiger charge is -2.14. The van der Waals surface area contributed by atoms with Crippen LogP contribution in [0.4, 0.5) is 17.6 Å². The normalized spacial score (nSPS) is 11.5. The van der Waals surface area contributed by atoms with E-state index in [0.29, 0.717) is 10.9 Å². The largest absolute Gasteiger partial charge is 0.494 e. The monoisotopic (exact) mass is 303 g/mol. The second kappa shape index (κ2) is 5.08. The zero-order valence-corrected chi connectivity index (χ0v) is 10.6. The van der Waals surface area contributed by atoms with Crippen LogP contribution in [0.3, 0.4) is 0 Å². The Bertz CT molecular complexity index is 694. The van der Waals surface area contributed by atoms with Crippen LogP contribution in [0.2, 0.25) is 0 Å².